The molecule has 9 nitrogen and oxygen atoms in total. The van der Waals surface area contributed by atoms with Gasteiger partial charge in [0.1, 0.15) is 17.3 Å². The van der Waals surface area contributed by atoms with E-state index in [0.717, 1.165) is 0 Å². The minimum Gasteiger partial charge on any atom is -0.482 e. The molecule has 0 radical (unpaired) electrons. The van der Waals surface area contributed by atoms with Crippen LogP contribution in [0.25, 0.3) is 0 Å². The number of amides is 1. The summed E-state index contributed by atoms with van der Waals surface area (Å²) >= 11 is 0. The molecule has 1 aromatic heterocycles. The van der Waals surface area contributed by atoms with E-state index in [-0.39, 0.29) is 42.9 Å². The number of ether oxygens (including phenoxy) is 2. The van der Waals surface area contributed by atoms with Crippen LogP contribution in [0, 0.1) is 5.41 Å². The maximum Gasteiger partial charge on any atom is 0.343 e. The number of esters is 1. The number of carbonyl (C=O) groups excluding carboxylic acids is 3. The van der Waals surface area contributed by atoms with Gasteiger partial charge < -0.3 is 20.5 Å². The first-order valence-electron chi connectivity index (χ1n) is 7.82. The monoisotopic (exact) mass is 406 g/mol. The first-order chi connectivity index (χ1) is 12.9. The van der Waals surface area contributed by atoms with Gasteiger partial charge in [0.15, 0.2) is 12.4 Å². The maximum atomic E-state index is 12.2. The van der Waals surface area contributed by atoms with Gasteiger partial charge in [-0.05, 0) is 36.4 Å². The highest BCUT2D eigenvalue weighted by molar-refractivity contribution is 6.02. The van der Waals surface area contributed by atoms with E-state index in [1.807, 2.05) is 0 Å². The van der Waals surface area contributed by atoms with E-state index in [1.165, 1.54) is 37.6 Å². The molecule has 0 atom stereocenters. The number of nitrogens with two attached hydrogens (primary N) is 1. The molecule has 0 spiro atoms. The van der Waals surface area contributed by atoms with Crippen molar-refractivity contribution < 1.29 is 23.9 Å². The van der Waals surface area contributed by atoms with Crippen molar-refractivity contribution in [2.75, 3.05) is 20.3 Å². The van der Waals surface area contributed by atoms with E-state index in [9.17, 15) is 14.4 Å². The van der Waals surface area contributed by atoms with Gasteiger partial charge in [-0.3, -0.25) is 20.0 Å². The Hall–Kier alpha value is -3.46. The smallest absolute Gasteiger partial charge is 0.343 e. The molecule has 0 saturated carbocycles. The minimum absolute atomic E-state index is 0. The lowest BCUT2D eigenvalue weighted by molar-refractivity contribution is -0.142. The number of rotatable bonds is 8. The van der Waals surface area contributed by atoms with Gasteiger partial charge in [0, 0.05) is 17.3 Å². The third kappa shape index (κ3) is 6.36. The van der Waals surface area contributed by atoms with E-state index < -0.39 is 11.9 Å². The van der Waals surface area contributed by atoms with Crippen molar-refractivity contribution in [3.05, 3.63) is 59.4 Å². The quantitative estimate of drug-likeness (QED) is 0.256. The summed E-state index contributed by atoms with van der Waals surface area (Å²) in [6, 6.07) is 9.06. The molecule has 2 aromatic rings. The molecule has 0 aliphatic rings. The predicted octanol–water partition coefficient (Wildman–Crippen LogP) is 0.952. The van der Waals surface area contributed by atoms with Gasteiger partial charge in [0.05, 0.1) is 13.7 Å². The van der Waals surface area contributed by atoms with Gasteiger partial charge >= 0.3 is 5.97 Å². The fourth-order valence-electron chi connectivity index (χ4n) is 1.98. The van der Waals surface area contributed by atoms with Crippen LogP contribution in [-0.2, 0) is 9.53 Å². The van der Waals surface area contributed by atoms with Crippen molar-refractivity contribution in [2.24, 2.45) is 5.73 Å². The average Bonchev–Trinajstić information content (AvgIpc) is 2.70. The van der Waals surface area contributed by atoms with Crippen LogP contribution in [-0.4, -0.2) is 48.7 Å². The number of methoxy groups -OCH3 is 1. The van der Waals surface area contributed by atoms with Crippen LogP contribution in [0.15, 0.2) is 42.6 Å². The summed E-state index contributed by atoms with van der Waals surface area (Å²) in [5, 5.41) is 9.76. The van der Waals surface area contributed by atoms with Crippen LogP contribution in [0.3, 0.4) is 0 Å². The highest BCUT2D eigenvalue weighted by atomic mass is 35.5. The Morgan fingerprint density at radius 3 is 2.29 bits per heavy atom. The summed E-state index contributed by atoms with van der Waals surface area (Å²) in [6.07, 6.45) is 1.31. The molecular formula is C18H19ClN4O5. The van der Waals surface area contributed by atoms with Crippen LogP contribution in [0.5, 0.6) is 5.75 Å². The number of Topliss-reactive ketones (excluding diaryl/α,β-unsaturated/α-hetero) is 1. The second kappa shape index (κ2) is 10.6. The molecule has 0 saturated heterocycles. The number of nitrogen functional groups attached to an aromatic ring is 1. The van der Waals surface area contributed by atoms with Crippen molar-refractivity contribution in [3.63, 3.8) is 0 Å². The first-order valence-corrected chi connectivity index (χ1v) is 7.82. The third-order valence-corrected chi connectivity index (χ3v) is 3.48. The highest BCUT2D eigenvalue weighted by Crippen LogP contribution is 2.12. The summed E-state index contributed by atoms with van der Waals surface area (Å²) in [5.41, 5.74) is 6.21. The molecule has 0 aliphatic heterocycles. The van der Waals surface area contributed by atoms with Crippen LogP contribution in [0.1, 0.15) is 26.4 Å². The van der Waals surface area contributed by atoms with Gasteiger partial charge in [-0.25, -0.2) is 4.79 Å². The Morgan fingerprint density at radius 1 is 1.11 bits per heavy atom. The third-order valence-electron chi connectivity index (χ3n) is 3.48. The van der Waals surface area contributed by atoms with E-state index in [0.29, 0.717) is 16.9 Å². The number of carbonyl (C=O) groups is 3. The van der Waals surface area contributed by atoms with Gasteiger partial charge in [-0.2, -0.15) is 0 Å². The SMILES string of the molecule is COC(=O)COc1ccc(C(=O)CNC(=O)c2ccc(C(=N)N)cn2)cc1.Cl. The predicted molar refractivity (Wildman–Crippen MR) is 103 cm³/mol. The summed E-state index contributed by atoms with van der Waals surface area (Å²) < 4.78 is 9.65. The first kappa shape index (κ1) is 22.6. The van der Waals surface area contributed by atoms with Gasteiger partial charge in [-0.15, -0.1) is 12.4 Å². The number of hydrogen-bond acceptors (Lipinski definition) is 7. The second-order valence-electron chi connectivity index (χ2n) is 5.34. The van der Waals surface area contributed by atoms with Gasteiger partial charge in [-0.1, -0.05) is 0 Å². The zero-order valence-corrected chi connectivity index (χ0v) is 15.7. The molecule has 4 N–H and O–H groups in total. The number of amidine groups is 1. The summed E-state index contributed by atoms with van der Waals surface area (Å²) in [7, 11) is 1.26. The lowest BCUT2D eigenvalue weighted by Gasteiger charge is -2.07. The number of aromatic nitrogens is 1. The second-order valence-corrected chi connectivity index (χ2v) is 5.34. The van der Waals surface area contributed by atoms with E-state index >= 15 is 0 Å². The summed E-state index contributed by atoms with van der Waals surface area (Å²) in [6.45, 7) is -0.438. The van der Waals surface area contributed by atoms with Crippen LogP contribution in [0.4, 0.5) is 0 Å². The highest BCUT2D eigenvalue weighted by Gasteiger charge is 2.12. The lowest BCUT2D eigenvalue weighted by Crippen LogP contribution is -2.30. The molecule has 1 aromatic carbocycles. The largest absolute Gasteiger partial charge is 0.482 e. The van der Waals surface area contributed by atoms with Crippen LogP contribution in [0.2, 0.25) is 0 Å². The number of hydrogen-bond donors (Lipinski definition) is 3. The minimum atomic E-state index is -0.517. The molecule has 0 unspecified atom stereocenters. The van der Waals surface area contributed by atoms with E-state index in [2.05, 4.69) is 15.0 Å². The van der Waals surface area contributed by atoms with Crippen LogP contribution < -0.4 is 15.8 Å². The zero-order valence-electron chi connectivity index (χ0n) is 14.9. The molecule has 28 heavy (non-hydrogen) atoms. The number of halogens is 1. The number of benzene rings is 1. The standard InChI is InChI=1S/C18H18N4O5.ClH/c1-26-16(24)10-27-13-5-2-11(3-6-13)15(23)9-22-18(25)14-7-4-12(8-21-14)17(19)20;/h2-8H,9-10H2,1H3,(H3,19,20)(H,22,25);1H. The molecule has 10 heteroatoms. The molecular weight excluding hydrogens is 388 g/mol. The van der Waals surface area contributed by atoms with Crippen molar-refractivity contribution in [1.29, 1.82) is 5.41 Å². The van der Waals surface area contributed by atoms with Gasteiger partial charge in [0.25, 0.3) is 5.91 Å². The van der Waals surface area contributed by atoms with E-state index in [1.54, 1.807) is 12.1 Å². The molecule has 0 aliphatic carbocycles. The van der Waals surface area contributed by atoms with Crippen molar-refractivity contribution >= 4 is 35.9 Å². The van der Waals surface area contributed by atoms with E-state index in [4.69, 9.17) is 15.9 Å². The van der Waals surface area contributed by atoms with Crippen molar-refractivity contribution in [3.8, 4) is 5.75 Å². The maximum absolute atomic E-state index is 12.2. The average molecular weight is 407 g/mol. The molecule has 0 bridgehead atoms. The number of pyridine rings is 1. The normalized spacial score (nSPS) is 9.61. The fraction of sp³-hybridized carbons (Fsp3) is 0.167. The number of ketones is 1. The Labute approximate surface area is 167 Å². The summed E-state index contributed by atoms with van der Waals surface area (Å²) in [5.74, 6) is -1.07. The molecule has 1 amide bonds. The summed E-state index contributed by atoms with van der Waals surface area (Å²) in [4.78, 5) is 39.1. The zero-order chi connectivity index (χ0) is 19.8. The Bertz CT molecular complexity index is 853. The van der Waals surface area contributed by atoms with Crippen LogP contribution >= 0.6 is 12.4 Å². The molecule has 148 valence electrons. The Balaban J connectivity index is 0.00000392. The van der Waals surface area contributed by atoms with Crippen molar-refractivity contribution in [1.82, 2.24) is 10.3 Å². The molecule has 0 fully saturated rings. The Kier molecular flexibility index (Phi) is 8.57. The molecule has 2 rings (SSSR count). The van der Waals surface area contributed by atoms with Gasteiger partial charge in [0.2, 0.25) is 0 Å². The topological polar surface area (TPSA) is 144 Å². The molecule has 1 heterocycles. The number of nitrogens with one attached hydrogen (secondary N) is 2. The van der Waals surface area contributed by atoms with Crippen molar-refractivity contribution in [2.45, 2.75) is 0 Å². The lowest BCUT2D eigenvalue weighted by atomic mass is 10.1. The Morgan fingerprint density at radius 2 is 1.75 bits per heavy atom. The number of nitrogens with zero attached hydrogens (tertiary/aromatic N) is 1. The fourth-order valence-corrected chi connectivity index (χ4v) is 1.98.